The van der Waals surface area contributed by atoms with Gasteiger partial charge in [0.05, 0.1) is 0 Å². The quantitative estimate of drug-likeness (QED) is 0.579. The molecule has 13 heavy (non-hydrogen) atoms. The molecule has 66 valence electrons. The van der Waals surface area contributed by atoms with Gasteiger partial charge in [-0.3, -0.25) is 4.72 Å². The molecule has 0 saturated heterocycles. The first-order chi connectivity index (χ1) is 6.38. The van der Waals surface area contributed by atoms with Crippen LogP contribution < -0.4 is 4.72 Å². The van der Waals surface area contributed by atoms with Crippen LogP contribution in [0, 0.1) is 12.3 Å². The average molecular weight is 189 g/mol. The minimum atomic E-state index is 0.722. The Bertz CT molecular complexity index is 336. The molecule has 1 aromatic rings. The van der Waals surface area contributed by atoms with Crippen LogP contribution in [0.5, 0.6) is 0 Å². The van der Waals surface area contributed by atoms with Gasteiger partial charge in [-0.1, -0.05) is 12.0 Å². The van der Waals surface area contributed by atoms with E-state index in [0.29, 0.717) is 0 Å². The first-order valence-corrected chi connectivity index (χ1v) is 5.19. The van der Waals surface area contributed by atoms with E-state index in [-0.39, 0.29) is 0 Å². The zero-order valence-electron chi connectivity index (χ0n) is 7.29. The second-order valence-corrected chi connectivity index (χ2v) is 4.08. The highest BCUT2D eigenvalue weighted by Crippen LogP contribution is 2.25. The Hall–Kier alpha value is -0.910. The lowest BCUT2D eigenvalue weighted by atomic mass is 10.2. The molecule has 0 bridgehead atoms. The molecule has 2 rings (SSSR count). The molecule has 1 N–H and O–H groups in total. The smallest absolute Gasteiger partial charge is 0.0254 e. The summed E-state index contributed by atoms with van der Waals surface area (Å²) in [6.45, 7) is 0. The fraction of sp³-hybridized carbons (Fsp3) is 0.273. The lowest BCUT2D eigenvalue weighted by molar-refractivity contribution is 0.969. The van der Waals surface area contributed by atoms with Crippen molar-refractivity contribution in [3.63, 3.8) is 0 Å². The third-order valence-corrected chi connectivity index (χ3v) is 2.86. The molecular weight excluding hydrogens is 178 g/mol. The van der Waals surface area contributed by atoms with Crippen LogP contribution in [0.4, 0.5) is 0 Å². The van der Waals surface area contributed by atoms with Crippen LogP contribution in [0.3, 0.4) is 0 Å². The van der Waals surface area contributed by atoms with Crippen LogP contribution in [0.2, 0.25) is 0 Å². The number of hydrogen-bond acceptors (Lipinski definition) is 2. The van der Waals surface area contributed by atoms with Crippen LogP contribution >= 0.6 is 11.9 Å². The van der Waals surface area contributed by atoms with Crippen molar-refractivity contribution in [1.82, 2.24) is 4.72 Å². The fourth-order valence-electron chi connectivity index (χ4n) is 1.00. The van der Waals surface area contributed by atoms with E-state index in [1.54, 1.807) is 11.9 Å². The number of benzene rings is 1. The van der Waals surface area contributed by atoms with Crippen LogP contribution in [0.15, 0.2) is 29.2 Å². The standard InChI is InChI=1S/C11H11NS/c1-2-9-4-3-5-11(8-9)13-12-10-6-7-10/h1,3-5,8,10,12H,6-7H2. The Morgan fingerprint density at radius 2 is 2.31 bits per heavy atom. The van der Waals surface area contributed by atoms with Crippen molar-refractivity contribution in [2.45, 2.75) is 23.8 Å². The zero-order valence-corrected chi connectivity index (χ0v) is 8.10. The van der Waals surface area contributed by atoms with Crippen LogP contribution in [0.25, 0.3) is 0 Å². The number of hydrogen-bond donors (Lipinski definition) is 1. The van der Waals surface area contributed by atoms with E-state index in [4.69, 9.17) is 6.42 Å². The predicted octanol–water partition coefficient (Wildman–Crippen LogP) is 2.43. The molecule has 2 heteroatoms. The van der Waals surface area contributed by atoms with Gasteiger partial charge in [-0.2, -0.15) is 0 Å². The van der Waals surface area contributed by atoms with Gasteiger partial charge in [-0.05, 0) is 43.0 Å². The van der Waals surface area contributed by atoms with E-state index in [2.05, 4.69) is 16.7 Å². The Kier molecular flexibility index (Phi) is 2.58. The highest BCUT2D eigenvalue weighted by molar-refractivity contribution is 7.97. The predicted molar refractivity (Wildman–Crippen MR) is 56.4 cm³/mol. The second-order valence-electron chi connectivity index (χ2n) is 3.17. The molecular formula is C11H11NS. The minimum Gasteiger partial charge on any atom is -0.257 e. The minimum absolute atomic E-state index is 0.722. The number of nitrogens with one attached hydrogen (secondary N) is 1. The summed E-state index contributed by atoms with van der Waals surface area (Å²) in [7, 11) is 0. The summed E-state index contributed by atoms with van der Waals surface area (Å²) in [5.74, 6) is 2.63. The van der Waals surface area contributed by atoms with Crippen molar-refractivity contribution in [3.05, 3.63) is 29.8 Å². The monoisotopic (exact) mass is 189 g/mol. The molecule has 0 atom stereocenters. The zero-order chi connectivity index (χ0) is 9.10. The van der Waals surface area contributed by atoms with Crippen molar-refractivity contribution in [2.75, 3.05) is 0 Å². The molecule has 0 aromatic heterocycles. The summed E-state index contributed by atoms with van der Waals surface area (Å²) in [6, 6.07) is 8.76. The molecule has 1 fully saturated rings. The summed E-state index contributed by atoms with van der Waals surface area (Å²) in [5, 5.41) is 0. The van der Waals surface area contributed by atoms with Gasteiger partial charge >= 0.3 is 0 Å². The fourth-order valence-corrected chi connectivity index (χ4v) is 1.87. The highest BCUT2D eigenvalue weighted by atomic mass is 32.2. The van der Waals surface area contributed by atoms with Crippen molar-refractivity contribution < 1.29 is 0 Å². The summed E-state index contributed by atoms with van der Waals surface area (Å²) < 4.78 is 3.37. The maximum Gasteiger partial charge on any atom is 0.0254 e. The van der Waals surface area contributed by atoms with E-state index in [1.165, 1.54) is 17.7 Å². The van der Waals surface area contributed by atoms with Gasteiger partial charge in [0.1, 0.15) is 0 Å². The van der Waals surface area contributed by atoms with E-state index in [1.807, 2.05) is 18.2 Å². The first kappa shape index (κ1) is 8.68. The lowest BCUT2D eigenvalue weighted by Gasteiger charge is -2.01. The maximum atomic E-state index is 5.31. The van der Waals surface area contributed by atoms with Gasteiger partial charge in [-0.25, -0.2) is 0 Å². The maximum absolute atomic E-state index is 5.31. The van der Waals surface area contributed by atoms with Crippen LogP contribution in [-0.4, -0.2) is 6.04 Å². The SMILES string of the molecule is C#Cc1cccc(SNC2CC2)c1. The van der Waals surface area contributed by atoms with Crippen molar-refractivity contribution >= 4 is 11.9 Å². The van der Waals surface area contributed by atoms with Crippen LogP contribution in [0.1, 0.15) is 18.4 Å². The Morgan fingerprint density at radius 1 is 1.46 bits per heavy atom. The van der Waals surface area contributed by atoms with Gasteiger partial charge in [0.2, 0.25) is 0 Å². The summed E-state index contributed by atoms with van der Waals surface area (Å²) in [5.41, 5.74) is 0.947. The van der Waals surface area contributed by atoms with Crippen molar-refractivity contribution in [2.24, 2.45) is 0 Å². The molecule has 0 spiro atoms. The molecule has 0 unspecified atom stereocenters. The highest BCUT2D eigenvalue weighted by Gasteiger charge is 2.20. The third kappa shape index (κ3) is 2.51. The van der Waals surface area contributed by atoms with Gasteiger partial charge in [0.15, 0.2) is 0 Å². The van der Waals surface area contributed by atoms with E-state index in [0.717, 1.165) is 11.6 Å². The normalized spacial score (nSPS) is 15.3. The summed E-state index contributed by atoms with van der Waals surface area (Å²) >= 11 is 1.67. The molecule has 1 nitrogen and oxygen atoms in total. The lowest BCUT2D eigenvalue weighted by Crippen LogP contribution is -2.04. The molecule has 0 radical (unpaired) electrons. The molecule has 0 heterocycles. The molecule has 0 aliphatic heterocycles. The summed E-state index contributed by atoms with van der Waals surface area (Å²) in [6.07, 6.45) is 7.92. The molecule has 1 aliphatic carbocycles. The van der Waals surface area contributed by atoms with Gasteiger partial charge in [0, 0.05) is 16.5 Å². The first-order valence-electron chi connectivity index (χ1n) is 4.37. The number of terminal acetylenes is 1. The third-order valence-electron chi connectivity index (χ3n) is 1.92. The van der Waals surface area contributed by atoms with Crippen molar-refractivity contribution in [3.8, 4) is 12.3 Å². The molecule has 0 amide bonds. The van der Waals surface area contributed by atoms with E-state index < -0.39 is 0 Å². The topological polar surface area (TPSA) is 12.0 Å². The second kappa shape index (κ2) is 3.87. The van der Waals surface area contributed by atoms with Crippen LogP contribution in [-0.2, 0) is 0 Å². The van der Waals surface area contributed by atoms with Gasteiger partial charge in [0.25, 0.3) is 0 Å². The van der Waals surface area contributed by atoms with Gasteiger partial charge < -0.3 is 0 Å². The Balaban J connectivity index is 1.98. The molecule has 1 aromatic carbocycles. The molecule has 1 saturated carbocycles. The largest absolute Gasteiger partial charge is 0.257 e. The average Bonchev–Trinajstić information content (AvgIpc) is 2.99. The van der Waals surface area contributed by atoms with Gasteiger partial charge in [-0.15, -0.1) is 6.42 Å². The molecule has 1 aliphatic rings. The van der Waals surface area contributed by atoms with Crippen molar-refractivity contribution in [1.29, 1.82) is 0 Å². The summed E-state index contributed by atoms with van der Waals surface area (Å²) in [4.78, 5) is 1.20. The van der Waals surface area contributed by atoms with E-state index in [9.17, 15) is 0 Å². The Labute approximate surface area is 83.1 Å². The Morgan fingerprint density at radius 3 is 3.00 bits per heavy atom. The number of rotatable bonds is 3. The van der Waals surface area contributed by atoms with E-state index >= 15 is 0 Å².